The highest BCUT2D eigenvalue weighted by atomic mass is 19.1. The van der Waals surface area contributed by atoms with Crippen molar-refractivity contribution in [1.29, 1.82) is 5.26 Å². The summed E-state index contributed by atoms with van der Waals surface area (Å²) >= 11 is 0. The van der Waals surface area contributed by atoms with E-state index >= 15 is 0 Å². The highest BCUT2D eigenvalue weighted by Crippen LogP contribution is 2.29. The Bertz CT molecular complexity index is 709. The summed E-state index contributed by atoms with van der Waals surface area (Å²) in [6, 6.07) is 8.64. The Hall–Kier alpha value is -2.26. The van der Waals surface area contributed by atoms with Crippen LogP contribution in [0.25, 0.3) is 11.4 Å². The maximum absolute atomic E-state index is 13.3. The zero-order valence-electron chi connectivity index (χ0n) is 13.1. The van der Waals surface area contributed by atoms with Crippen molar-refractivity contribution in [1.82, 2.24) is 15.0 Å². The molecule has 0 spiro atoms. The molecule has 1 aromatic carbocycles. The SMILES string of the molecule is C[C@@H](CC#N)N1CCC[C@@H](c2nc(-c3cccc(F)c3)no2)C1. The maximum Gasteiger partial charge on any atom is 0.231 e. The molecule has 6 heteroatoms. The summed E-state index contributed by atoms with van der Waals surface area (Å²) in [4.78, 5) is 6.74. The lowest BCUT2D eigenvalue weighted by Gasteiger charge is -2.34. The van der Waals surface area contributed by atoms with E-state index in [4.69, 9.17) is 9.78 Å². The highest BCUT2D eigenvalue weighted by Gasteiger charge is 2.28. The van der Waals surface area contributed by atoms with Crippen LogP contribution >= 0.6 is 0 Å². The van der Waals surface area contributed by atoms with Crippen LogP contribution in [0.15, 0.2) is 28.8 Å². The van der Waals surface area contributed by atoms with Crippen LogP contribution in [0, 0.1) is 17.1 Å². The summed E-state index contributed by atoms with van der Waals surface area (Å²) in [5.41, 5.74) is 0.616. The summed E-state index contributed by atoms with van der Waals surface area (Å²) in [6.07, 6.45) is 2.55. The minimum atomic E-state index is -0.317. The zero-order chi connectivity index (χ0) is 16.2. The molecule has 5 nitrogen and oxygen atoms in total. The van der Waals surface area contributed by atoms with Gasteiger partial charge in [0.05, 0.1) is 18.4 Å². The molecule has 1 aromatic heterocycles. The predicted octanol–water partition coefficient (Wildman–Crippen LogP) is 3.36. The van der Waals surface area contributed by atoms with E-state index in [2.05, 4.69) is 28.0 Å². The van der Waals surface area contributed by atoms with Crippen molar-refractivity contribution in [3.63, 3.8) is 0 Å². The Kier molecular flexibility index (Phi) is 4.68. The summed E-state index contributed by atoms with van der Waals surface area (Å²) in [5.74, 6) is 0.863. The van der Waals surface area contributed by atoms with Gasteiger partial charge in [0, 0.05) is 18.2 Å². The number of hydrogen-bond acceptors (Lipinski definition) is 5. The van der Waals surface area contributed by atoms with Gasteiger partial charge in [0.1, 0.15) is 5.82 Å². The van der Waals surface area contributed by atoms with E-state index in [0.29, 0.717) is 23.7 Å². The quantitative estimate of drug-likeness (QED) is 0.865. The Morgan fingerprint density at radius 2 is 2.39 bits per heavy atom. The van der Waals surface area contributed by atoms with Gasteiger partial charge in [0.25, 0.3) is 0 Å². The second-order valence-corrected chi connectivity index (χ2v) is 6.01. The second-order valence-electron chi connectivity index (χ2n) is 6.01. The van der Waals surface area contributed by atoms with Gasteiger partial charge < -0.3 is 4.52 Å². The summed E-state index contributed by atoms with van der Waals surface area (Å²) in [5, 5.41) is 12.8. The lowest BCUT2D eigenvalue weighted by atomic mass is 9.96. The fourth-order valence-corrected chi connectivity index (χ4v) is 3.02. The average Bonchev–Trinajstić information content (AvgIpc) is 3.05. The number of benzene rings is 1. The Morgan fingerprint density at radius 3 is 3.17 bits per heavy atom. The normalized spacial score (nSPS) is 20.1. The topological polar surface area (TPSA) is 66.0 Å². The number of halogens is 1. The minimum Gasteiger partial charge on any atom is -0.339 e. The number of piperidine rings is 1. The summed E-state index contributed by atoms with van der Waals surface area (Å²) in [6.45, 7) is 3.87. The molecule has 0 saturated carbocycles. The third-order valence-electron chi connectivity index (χ3n) is 4.34. The van der Waals surface area contributed by atoms with E-state index < -0.39 is 0 Å². The van der Waals surface area contributed by atoms with E-state index in [0.717, 1.165) is 25.9 Å². The van der Waals surface area contributed by atoms with Crippen LogP contribution < -0.4 is 0 Å². The van der Waals surface area contributed by atoms with E-state index in [1.54, 1.807) is 12.1 Å². The molecule has 3 rings (SSSR count). The van der Waals surface area contributed by atoms with Crippen LogP contribution in [0.5, 0.6) is 0 Å². The number of nitriles is 1. The van der Waals surface area contributed by atoms with Gasteiger partial charge in [0.15, 0.2) is 0 Å². The molecule has 1 fully saturated rings. The van der Waals surface area contributed by atoms with E-state index in [9.17, 15) is 4.39 Å². The van der Waals surface area contributed by atoms with E-state index in [1.807, 2.05) is 0 Å². The molecule has 0 unspecified atom stereocenters. The third-order valence-corrected chi connectivity index (χ3v) is 4.34. The molecule has 2 heterocycles. The molecule has 1 aliphatic heterocycles. The molecular weight excluding hydrogens is 295 g/mol. The van der Waals surface area contributed by atoms with Crippen LogP contribution in [-0.2, 0) is 0 Å². The molecule has 1 saturated heterocycles. The van der Waals surface area contributed by atoms with Gasteiger partial charge in [-0.1, -0.05) is 17.3 Å². The third kappa shape index (κ3) is 3.57. The van der Waals surface area contributed by atoms with Gasteiger partial charge in [-0.15, -0.1) is 0 Å². The summed E-state index contributed by atoms with van der Waals surface area (Å²) < 4.78 is 18.7. The Labute approximate surface area is 134 Å². The summed E-state index contributed by atoms with van der Waals surface area (Å²) in [7, 11) is 0. The van der Waals surface area contributed by atoms with Crippen molar-refractivity contribution in [2.75, 3.05) is 13.1 Å². The highest BCUT2D eigenvalue weighted by molar-refractivity contribution is 5.53. The van der Waals surface area contributed by atoms with Gasteiger partial charge in [-0.3, -0.25) is 4.90 Å². The first-order chi connectivity index (χ1) is 11.2. The molecule has 0 amide bonds. The monoisotopic (exact) mass is 314 g/mol. The smallest absolute Gasteiger partial charge is 0.231 e. The molecule has 0 bridgehead atoms. The van der Waals surface area contributed by atoms with Crippen LogP contribution in [0.3, 0.4) is 0 Å². The van der Waals surface area contributed by atoms with Crippen LogP contribution in [-0.4, -0.2) is 34.2 Å². The molecule has 1 aliphatic rings. The fraction of sp³-hybridized carbons (Fsp3) is 0.471. The lowest BCUT2D eigenvalue weighted by molar-refractivity contribution is 0.146. The van der Waals surface area contributed by atoms with Crippen molar-refractivity contribution in [3.8, 4) is 17.5 Å². The van der Waals surface area contributed by atoms with E-state index in [-0.39, 0.29) is 17.8 Å². The van der Waals surface area contributed by atoms with Crippen LogP contribution in [0.4, 0.5) is 4.39 Å². The van der Waals surface area contributed by atoms with Crippen molar-refractivity contribution in [3.05, 3.63) is 36.0 Å². The molecule has 0 N–H and O–H groups in total. The Morgan fingerprint density at radius 1 is 1.52 bits per heavy atom. The van der Waals surface area contributed by atoms with Gasteiger partial charge in [-0.05, 0) is 38.4 Å². The second kappa shape index (κ2) is 6.88. The molecule has 120 valence electrons. The van der Waals surface area contributed by atoms with Crippen LogP contribution in [0.2, 0.25) is 0 Å². The molecular formula is C17H19FN4O. The first kappa shape index (κ1) is 15.6. The van der Waals surface area contributed by atoms with Crippen LogP contribution in [0.1, 0.15) is 38.0 Å². The molecule has 23 heavy (non-hydrogen) atoms. The van der Waals surface area contributed by atoms with Gasteiger partial charge >= 0.3 is 0 Å². The van der Waals surface area contributed by atoms with E-state index in [1.165, 1.54) is 12.1 Å². The van der Waals surface area contributed by atoms with Crippen molar-refractivity contribution >= 4 is 0 Å². The van der Waals surface area contributed by atoms with Gasteiger partial charge in [-0.25, -0.2) is 4.39 Å². The molecule has 2 atom stereocenters. The first-order valence-electron chi connectivity index (χ1n) is 7.88. The number of aromatic nitrogens is 2. The number of nitrogens with zero attached hydrogens (tertiary/aromatic N) is 4. The minimum absolute atomic E-state index is 0.166. The predicted molar refractivity (Wildman–Crippen MR) is 82.9 cm³/mol. The zero-order valence-corrected chi connectivity index (χ0v) is 13.1. The number of likely N-dealkylation sites (tertiary alicyclic amines) is 1. The number of rotatable bonds is 4. The van der Waals surface area contributed by atoms with Crippen molar-refractivity contribution in [2.45, 2.75) is 38.1 Å². The lowest BCUT2D eigenvalue weighted by Crippen LogP contribution is -2.40. The largest absolute Gasteiger partial charge is 0.339 e. The average molecular weight is 314 g/mol. The first-order valence-corrected chi connectivity index (χ1v) is 7.88. The molecule has 0 radical (unpaired) electrons. The molecule has 2 aromatic rings. The maximum atomic E-state index is 13.3. The Balaban J connectivity index is 1.74. The number of hydrogen-bond donors (Lipinski definition) is 0. The van der Waals surface area contributed by atoms with Crippen molar-refractivity contribution in [2.24, 2.45) is 0 Å². The van der Waals surface area contributed by atoms with Crippen molar-refractivity contribution < 1.29 is 8.91 Å². The molecule has 0 aliphatic carbocycles. The van der Waals surface area contributed by atoms with Gasteiger partial charge in [0.2, 0.25) is 11.7 Å². The van der Waals surface area contributed by atoms with Gasteiger partial charge in [-0.2, -0.15) is 10.2 Å². The fourth-order valence-electron chi connectivity index (χ4n) is 3.02. The standard InChI is InChI=1S/C17H19FN4O/c1-12(7-8-19)22-9-3-5-14(11-22)17-20-16(21-23-17)13-4-2-6-15(18)10-13/h2,4,6,10,12,14H,3,5,7,9,11H2,1H3/t12-,14+/m0/s1.